The highest BCUT2D eigenvalue weighted by Gasteiger charge is 2.08. The van der Waals surface area contributed by atoms with Crippen LogP contribution in [0.25, 0.3) is 0 Å². The average molecular weight is 348 g/mol. The number of nitrogens with one attached hydrogen (secondary N) is 2. The first-order chi connectivity index (χ1) is 10.5. The fourth-order valence-electron chi connectivity index (χ4n) is 1.31. The summed E-state index contributed by atoms with van der Waals surface area (Å²) in [5.41, 5.74) is 0. The zero-order valence-electron chi connectivity index (χ0n) is 13.1. The molecule has 0 aliphatic heterocycles. The highest BCUT2D eigenvalue weighted by Crippen LogP contribution is 2.11. The van der Waals surface area contributed by atoms with Gasteiger partial charge in [0.15, 0.2) is 10.2 Å². The van der Waals surface area contributed by atoms with E-state index in [1.807, 2.05) is 0 Å². The molecular formula is C14H24N2O4S2. The fraction of sp³-hybridized carbons (Fsp3) is 0.714. The van der Waals surface area contributed by atoms with E-state index in [1.165, 1.54) is 0 Å². The Balaban J connectivity index is 3.54. The van der Waals surface area contributed by atoms with Gasteiger partial charge in [-0.3, -0.25) is 19.2 Å². The van der Waals surface area contributed by atoms with Gasteiger partial charge < -0.3 is 10.6 Å². The van der Waals surface area contributed by atoms with Gasteiger partial charge in [0.1, 0.15) is 0 Å². The lowest BCUT2D eigenvalue weighted by Crippen LogP contribution is -2.25. The Hall–Kier alpha value is -1.02. The Morgan fingerprint density at radius 3 is 1.41 bits per heavy atom. The number of carbonyl (C=O) groups excluding carboxylic acids is 4. The van der Waals surface area contributed by atoms with E-state index in [0.717, 1.165) is 23.5 Å². The minimum atomic E-state index is -0.0426. The molecule has 0 rings (SSSR count). The number of rotatable bonds is 11. The van der Waals surface area contributed by atoms with Gasteiger partial charge in [0.25, 0.3) is 0 Å². The van der Waals surface area contributed by atoms with Crippen molar-refractivity contribution in [3.05, 3.63) is 0 Å². The smallest absolute Gasteiger partial charge is 0.219 e. The molecular weight excluding hydrogens is 324 g/mol. The highest BCUT2D eigenvalue weighted by atomic mass is 32.2. The van der Waals surface area contributed by atoms with Crippen molar-refractivity contribution < 1.29 is 19.2 Å². The molecule has 0 radical (unpaired) electrons. The van der Waals surface area contributed by atoms with E-state index in [0.29, 0.717) is 37.4 Å². The summed E-state index contributed by atoms with van der Waals surface area (Å²) in [6.07, 6.45) is 1.28. The molecule has 0 aromatic heterocycles. The molecule has 0 spiro atoms. The maximum atomic E-state index is 11.6. The molecule has 22 heavy (non-hydrogen) atoms. The molecule has 0 saturated heterocycles. The van der Waals surface area contributed by atoms with E-state index in [4.69, 9.17) is 0 Å². The lowest BCUT2D eigenvalue weighted by atomic mass is 10.4. The van der Waals surface area contributed by atoms with Crippen molar-refractivity contribution in [2.45, 2.75) is 39.5 Å². The van der Waals surface area contributed by atoms with Crippen LogP contribution in [0.2, 0.25) is 0 Å². The second kappa shape index (κ2) is 13.6. The van der Waals surface area contributed by atoms with Crippen LogP contribution < -0.4 is 10.6 Å². The Labute approximate surface area is 139 Å². The quantitative estimate of drug-likeness (QED) is 0.548. The van der Waals surface area contributed by atoms with E-state index < -0.39 is 0 Å². The number of amides is 2. The van der Waals surface area contributed by atoms with Gasteiger partial charge in [0, 0.05) is 50.3 Å². The SMILES string of the molecule is CCC(=O)NCCSC(=O)CCC(=O)SCCNC(=O)CC. The Morgan fingerprint density at radius 1 is 0.727 bits per heavy atom. The fourth-order valence-corrected chi connectivity index (χ4v) is 2.67. The van der Waals surface area contributed by atoms with Crippen molar-refractivity contribution in [1.29, 1.82) is 0 Å². The summed E-state index contributed by atoms with van der Waals surface area (Å²) < 4.78 is 0. The summed E-state index contributed by atoms with van der Waals surface area (Å²) >= 11 is 2.27. The van der Waals surface area contributed by atoms with Crippen LogP contribution in [0.3, 0.4) is 0 Å². The summed E-state index contributed by atoms with van der Waals surface area (Å²) in [7, 11) is 0. The van der Waals surface area contributed by atoms with E-state index in [9.17, 15) is 19.2 Å². The molecule has 6 nitrogen and oxygen atoms in total. The molecule has 0 atom stereocenters. The van der Waals surface area contributed by atoms with E-state index in [2.05, 4.69) is 10.6 Å². The van der Waals surface area contributed by atoms with Gasteiger partial charge in [-0.05, 0) is 0 Å². The molecule has 0 unspecified atom stereocenters. The lowest BCUT2D eigenvalue weighted by molar-refractivity contribution is -0.121. The minimum Gasteiger partial charge on any atom is -0.355 e. The number of carbonyl (C=O) groups is 4. The summed E-state index contributed by atoms with van der Waals surface area (Å²) in [5, 5.41) is 5.28. The van der Waals surface area contributed by atoms with Crippen LogP contribution in [0.4, 0.5) is 0 Å². The third-order valence-electron chi connectivity index (χ3n) is 2.55. The van der Waals surface area contributed by atoms with Crippen molar-refractivity contribution in [3.63, 3.8) is 0 Å². The van der Waals surface area contributed by atoms with Crippen LogP contribution in [0.5, 0.6) is 0 Å². The van der Waals surface area contributed by atoms with E-state index in [-0.39, 0.29) is 34.9 Å². The molecule has 8 heteroatoms. The normalized spacial score (nSPS) is 10.1. The largest absolute Gasteiger partial charge is 0.355 e. The first-order valence-electron chi connectivity index (χ1n) is 7.34. The van der Waals surface area contributed by atoms with Crippen molar-refractivity contribution in [1.82, 2.24) is 10.6 Å². The highest BCUT2D eigenvalue weighted by molar-refractivity contribution is 8.14. The molecule has 0 fully saturated rings. The maximum Gasteiger partial charge on any atom is 0.219 e. The van der Waals surface area contributed by atoms with E-state index >= 15 is 0 Å². The van der Waals surface area contributed by atoms with Crippen LogP contribution >= 0.6 is 23.5 Å². The Bertz CT molecular complexity index is 353. The van der Waals surface area contributed by atoms with Gasteiger partial charge in [-0.2, -0.15) is 0 Å². The molecule has 0 saturated carbocycles. The van der Waals surface area contributed by atoms with Gasteiger partial charge in [0.2, 0.25) is 11.8 Å². The molecule has 0 bridgehead atoms. The molecule has 0 aromatic carbocycles. The zero-order valence-corrected chi connectivity index (χ0v) is 14.7. The van der Waals surface area contributed by atoms with E-state index in [1.54, 1.807) is 13.8 Å². The second-order valence-electron chi connectivity index (χ2n) is 4.35. The van der Waals surface area contributed by atoms with Crippen LogP contribution in [-0.2, 0) is 19.2 Å². The van der Waals surface area contributed by atoms with Gasteiger partial charge in [0.05, 0.1) is 0 Å². The molecule has 2 amide bonds. The molecule has 0 aromatic rings. The molecule has 2 N–H and O–H groups in total. The molecule has 0 aliphatic rings. The Kier molecular flexibility index (Phi) is 13.0. The molecule has 126 valence electrons. The lowest BCUT2D eigenvalue weighted by Gasteiger charge is -2.04. The first-order valence-corrected chi connectivity index (χ1v) is 9.31. The second-order valence-corrected chi connectivity index (χ2v) is 6.65. The summed E-state index contributed by atoms with van der Waals surface area (Å²) in [6.45, 7) is 4.46. The van der Waals surface area contributed by atoms with Gasteiger partial charge in [-0.15, -0.1) is 0 Å². The van der Waals surface area contributed by atoms with Gasteiger partial charge in [-0.1, -0.05) is 37.4 Å². The maximum absolute atomic E-state index is 11.6. The number of hydrogen-bond donors (Lipinski definition) is 2. The van der Waals surface area contributed by atoms with Crippen molar-refractivity contribution >= 4 is 45.6 Å². The number of thioether (sulfide) groups is 2. The summed E-state index contributed by atoms with van der Waals surface area (Å²) in [4.78, 5) is 45.1. The number of hydrogen-bond acceptors (Lipinski definition) is 6. The van der Waals surface area contributed by atoms with Crippen molar-refractivity contribution in [2.75, 3.05) is 24.6 Å². The van der Waals surface area contributed by atoms with Crippen LogP contribution in [0, 0.1) is 0 Å². The average Bonchev–Trinajstić information content (AvgIpc) is 2.52. The predicted molar refractivity (Wildman–Crippen MR) is 90.8 cm³/mol. The minimum absolute atomic E-state index is 0.0326. The zero-order chi connectivity index (χ0) is 16.8. The summed E-state index contributed by atoms with van der Waals surface area (Å²) in [6, 6.07) is 0. The Morgan fingerprint density at radius 2 is 1.09 bits per heavy atom. The van der Waals surface area contributed by atoms with Gasteiger partial charge in [-0.25, -0.2) is 0 Å². The topological polar surface area (TPSA) is 92.3 Å². The summed E-state index contributed by atoms with van der Waals surface area (Å²) in [5.74, 6) is 0.980. The monoisotopic (exact) mass is 348 g/mol. The molecule has 0 aliphatic carbocycles. The molecule has 0 heterocycles. The van der Waals surface area contributed by atoms with Crippen LogP contribution in [-0.4, -0.2) is 46.6 Å². The first kappa shape index (κ1) is 21.0. The van der Waals surface area contributed by atoms with Crippen LogP contribution in [0.15, 0.2) is 0 Å². The van der Waals surface area contributed by atoms with Crippen LogP contribution in [0.1, 0.15) is 39.5 Å². The third-order valence-corrected chi connectivity index (χ3v) is 4.42. The predicted octanol–water partition coefficient (Wildman–Crippen LogP) is 1.34. The third kappa shape index (κ3) is 12.7. The van der Waals surface area contributed by atoms with Gasteiger partial charge >= 0.3 is 0 Å². The van der Waals surface area contributed by atoms with Crippen molar-refractivity contribution in [3.8, 4) is 0 Å². The van der Waals surface area contributed by atoms with Crippen molar-refractivity contribution in [2.24, 2.45) is 0 Å². The standard InChI is InChI=1S/C14H24N2O4S2/c1-3-11(17)15-7-9-21-13(19)5-6-14(20)22-10-8-16-12(18)4-2/h3-10H2,1-2H3,(H,15,17)(H,16,18).